The monoisotopic (exact) mass is 343 g/mol. The summed E-state index contributed by atoms with van der Waals surface area (Å²) in [6, 6.07) is 12.1. The topological polar surface area (TPSA) is 78.4 Å². The molecule has 5 nitrogen and oxygen atoms in total. The smallest absolute Gasteiger partial charge is 0.335 e. The Morgan fingerprint density at radius 1 is 1.24 bits per heavy atom. The molecule has 0 spiro atoms. The molecule has 0 aliphatic heterocycles. The number of benzene rings is 1. The molecule has 1 N–H and O–H groups in total. The van der Waals surface area contributed by atoms with E-state index >= 15 is 0 Å². The number of aromatic carboxylic acids is 1. The Labute approximate surface area is 130 Å². The second kappa shape index (κ2) is 5.77. The fraction of sp³-hybridized carbons (Fsp3) is 0. The number of carboxylic acid groups (broad SMARTS) is 1. The van der Waals surface area contributed by atoms with Crippen LogP contribution in [0.4, 0.5) is 0 Å². The third-order valence-electron chi connectivity index (χ3n) is 3.03. The second-order valence-corrected chi connectivity index (χ2v) is 4.27. The van der Waals surface area contributed by atoms with Crippen LogP contribution < -0.4 is 0 Å². The number of rotatable bonds is 2. The summed E-state index contributed by atoms with van der Waals surface area (Å²) < 4.78 is 1.78. The van der Waals surface area contributed by atoms with E-state index in [1.807, 2.05) is 12.4 Å². The van der Waals surface area contributed by atoms with Gasteiger partial charge in [0.2, 0.25) is 0 Å². The number of nitriles is 1. The Morgan fingerprint density at radius 3 is 2.57 bits per heavy atom. The highest BCUT2D eigenvalue weighted by Crippen LogP contribution is 2.21. The van der Waals surface area contributed by atoms with Crippen molar-refractivity contribution in [2.45, 2.75) is 0 Å². The van der Waals surface area contributed by atoms with Gasteiger partial charge in [-0.05, 0) is 24.3 Å². The lowest BCUT2D eigenvalue weighted by molar-refractivity contribution is 0.0697. The Kier molecular flexibility index (Phi) is 4.05. The summed E-state index contributed by atoms with van der Waals surface area (Å²) >= 11 is 0. The Balaban J connectivity index is 0.00000161. The van der Waals surface area contributed by atoms with Crippen molar-refractivity contribution in [1.82, 2.24) is 9.38 Å². The predicted molar refractivity (Wildman–Crippen MR) is 82.6 cm³/mol. The first-order chi connectivity index (χ1) is 9.69. The summed E-state index contributed by atoms with van der Waals surface area (Å²) in [6.45, 7) is 0. The van der Waals surface area contributed by atoms with Crippen LogP contribution in [-0.4, -0.2) is 20.5 Å². The SMILES string of the molecule is Br.N#Cc1cccn2cc(-c3ccc(C(=O)O)cc3)nc12. The number of fused-ring (bicyclic) bond motifs is 1. The van der Waals surface area contributed by atoms with Crippen LogP contribution in [0, 0.1) is 11.3 Å². The summed E-state index contributed by atoms with van der Waals surface area (Å²) in [5, 5.41) is 17.9. The molecule has 0 aliphatic carbocycles. The van der Waals surface area contributed by atoms with Gasteiger partial charge in [-0.15, -0.1) is 17.0 Å². The maximum absolute atomic E-state index is 10.8. The maximum Gasteiger partial charge on any atom is 0.335 e. The van der Waals surface area contributed by atoms with Crippen LogP contribution in [0.3, 0.4) is 0 Å². The molecule has 0 fully saturated rings. The van der Waals surface area contributed by atoms with E-state index in [1.54, 1.807) is 28.7 Å². The average molecular weight is 344 g/mol. The Bertz CT molecular complexity index is 847. The lowest BCUT2D eigenvalue weighted by Gasteiger charge is -1.97. The van der Waals surface area contributed by atoms with E-state index in [4.69, 9.17) is 10.4 Å². The van der Waals surface area contributed by atoms with Gasteiger partial charge in [0.1, 0.15) is 6.07 Å². The van der Waals surface area contributed by atoms with E-state index < -0.39 is 5.97 Å². The fourth-order valence-corrected chi connectivity index (χ4v) is 2.02. The van der Waals surface area contributed by atoms with Gasteiger partial charge in [0.25, 0.3) is 0 Å². The molecule has 104 valence electrons. The van der Waals surface area contributed by atoms with E-state index in [0.717, 1.165) is 5.56 Å². The highest BCUT2D eigenvalue weighted by molar-refractivity contribution is 8.93. The van der Waals surface area contributed by atoms with Crippen molar-refractivity contribution >= 4 is 28.6 Å². The molecule has 2 aromatic heterocycles. The summed E-state index contributed by atoms with van der Waals surface area (Å²) in [6.07, 6.45) is 3.63. The molecule has 21 heavy (non-hydrogen) atoms. The number of hydrogen-bond donors (Lipinski definition) is 1. The van der Waals surface area contributed by atoms with Crippen molar-refractivity contribution in [3.8, 4) is 17.3 Å². The van der Waals surface area contributed by atoms with Crippen molar-refractivity contribution in [2.24, 2.45) is 0 Å². The Hall–Kier alpha value is -2.65. The van der Waals surface area contributed by atoms with Crippen molar-refractivity contribution in [1.29, 1.82) is 5.26 Å². The molecule has 0 aliphatic rings. The molecule has 0 amide bonds. The van der Waals surface area contributed by atoms with Crippen LogP contribution in [0.2, 0.25) is 0 Å². The van der Waals surface area contributed by atoms with Crippen molar-refractivity contribution in [2.75, 3.05) is 0 Å². The van der Waals surface area contributed by atoms with Gasteiger partial charge in [0.05, 0.1) is 16.8 Å². The van der Waals surface area contributed by atoms with Crippen LogP contribution in [0.25, 0.3) is 16.9 Å². The molecular weight excluding hydrogens is 334 g/mol. The number of imidazole rings is 1. The molecule has 0 saturated heterocycles. The number of hydrogen-bond acceptors (Lipinski definition) is 3. The first-order valence-corrected chi connectivity index (χ1v) is 5.90. The maximum atomic E-state index is 10.8. The number of halogens is 1. The van der Waals surface area contributed by atoms with Crippen LogP contribution >= 0.6 is 17.0 Å². The highest BCUT2D eigenvalue weighted by atomic mass is 79.9. The van der Waals surface area contributed by atoms with Crippen molar-refractivity contribution < 1.29 is 9.90 Å². The number of pyridine rings is 1. The van der Waals surface area contributed by atoms with Crippen LogP contribution in [0.5, 0.6) is 0 Å². The standard InChI is InChI=1S/C15H9N3O2.BrH/c16-8-12-2-1-7-18-9-13(17-14(12)18)10-3-5-11(6-4-10)15(19)20;/h1-7,9H,(H,19,20);1H. The number of carboxylic acids is 1. The van der Waals surface area contributed by atoms with Gasteiger partial charge in [-0.1, -0.05) is 12.1 Å². The van der Waals surface area contributed by atoms with Crippen LogP contribution in [0.1, 0.15) is 15.9 Å². The molecule has 0 bridgehead atoms. The summed E-state index contributed by atoms with van der Waals surface area (Å²) in [4.78, 5) is 15.2. The zero-order valence-corrected chi connectivity index (χ0v) is 12.4. The summed E-state index contributed by atoms with van der Waals surface area (Å²) in [5.74, 6) is -0.960. The van der Waals surface area contributed by atoms with Gasteiger partial charge in [-0.2, -0.15) is 5.26 Å². The van der Waals surface area contributed by atoms with Gasteiger partial charge in [0, 0.05) is 18.0 Å². The molecule has 0 saturated carbocycles. The Morgan fingerprint density at radius 2 is 1.95 bits per heavy atom. The van der Waals surface area contributed by atoms with Gasteiger partial charge in [-0.3, -0.25) is 0 Å². The molecule has 0 unspecified atom stereocenters. The lowest BCUT2D eigenvalue weighted by Crippen LogP contribution is -1.94. The zero-order chi connectivity index (χ0) is 14.1. The summed E-state index contributed by atoms with van der Waals surface area (Å²) in [5.41, 5.74) is 2.83. The number of aromatic nitrogens is 2. The van der Waals surface area contributed by atoms with Crippen LogP contribution in [0.15, 0.2) is 48.8 Å². The van der Waals surface area contributed by atoms with Crippen molar-refractivity contribution in [3.63, 3.8) is 0 Å². The van der Waals surface area contributed by atoms with E-state index in [0.29, 0.717) is 16.9 Å². The predicted octanol–water partition coefficient (Wildman–Crippen LogP) is 3.15. The van der Waals surface area contributed by atoms with Gasteiger partial charge in [0.15, 0.2) is 5.65 Å². The van der Waals surface area contributed by atoms with E-state index in [9.17, 15) is 4.79 Å². The fourth-order valence-electron chi connectivity index (χ4n) is 2.02. The average Bonchev–Trinajstić information content (AvgIpc) is 2.91. The largest absolute Gasteiger partial charge is 0.478 e. The molecule has 3 aromatic rings. The van der Waals surface area contributed by atoms with Crippen LogP contribution in [-0.2, 0) is 0 Å². The minimum absolute atomic E-state index is 0. The summed E-state index contributed by atoms with van der Waals surface area (Å²) in [7, 11) is 0. The van der Waals surface area contributed by atoms with E-state index in [2.05, 4.69) is 11.1 Å². The van der Waals surface area contributed by atoms with Gasteiger partial charge >= 0.3 is 5.97 Å². The molecule has 1 aromatic carbocycles. The van der Waals surface area contributed by atoms with Crippen molar-refractivity contribution in [3.05, 3.63) is 59.9 Å². The third kappa shape index (κ3) is 2.64. The molecule has 3 rings (SSSR count). The van der Waals surface area contributed by atoms with Gasteiger partial charge in [-0.25, -0.2) is 9.78 Å². The number of nitrogens with zero attached hydrogens (tertiary/aromatic N) is 3. The molecule has 2 heterocycles. The first-order valence-electron chi connectivity index (χ1n) is 5.90. The molecule has 0 radical (unpaired) electrons. The third-order valence-corrected chi connectivity index (χ3v) is 3.03. The number of carbonyl (C=O) groups is 1. The minimum Gasteiger partial charge on any atom is -0.478 e. The minimum atomic E-state index is -0.960. The molecule has 0 atom stereocenters. The van der Waals surface area contributed by atoms with E-state index in [-0.39, 0.29) is 22.5 Å². The van der Waals surface area contributed by atoms with E-state index in [1.165, 1.54) is 12.1 Å². The highest BCUT2D eigenvalue weighted by Gasteiger charge is 2.08. The molecular formula is C15H10BrN3O2. The molecule has 6 heteroatoms. The zero-order valence-electron chi connectivity index (χ0n) is 10.7. The normalized spacial score (nSPS) is 9.86. The van der Waals surface area contributed by atoms with Gasteiger partial charge < -0.3 is 9.51 Å². The second-order valence-electron chi connectivity index (χ2n) is 4.27. The lowest BCUT2D eigenvalue weighted by atomic mass is 10.1. The first kappa shape index (κ1) is 14.8. The quantitative estimate of drug-likeness (QED) is 0.775.